The van der Waals surface area contributed by atoms with E-state index in [2.05, 4.69) is 9.71 Å². The van der Waals surface area contributed by atoms with Crippen LogP contribution >= 0.6 is 0 Å². The van der Waals surface area contributed by atoms with Crippen molar-refractivity contribution in [3.63, 3.8) is 0 Å². The maximum atomic E-state index is 12.9. The minimum absolute atomic E-state index is 0.197. The molecule has 1 saturated heterocycles. The number of nitrogens with one attached hydrogen (secondary N) is 1. The highest BCUT2D eigenvalue weighted by Crippen LogP contribution is 2.31. The van der Waals surface area contributed by atoms with Crippen LogP contribution in [0.15, 0.2) is 53.7 Å². The molecule has 1 aliphatic heterocycles. The van der Waals surface area contributed by atoms with E-state index in [1.54, 1.807) is 24.5 Å². The van der Waals surface area contributed by atoms with Gasteiger partial charge in [0.2, 0.25) is 10.0 Å². The highest BCUT2D eigenvalue weighted by molar-refractivity contribution is 7.89. The average Bonchev–Trinajstić information content (AvgIpc) is 2.67. The number of rotatable bonds is 6. The van der Waals surface area contributed by atoms with Gasteiger partial charge in [0.25, 0.3) is 0 Å². The van der Waals surface area contributed by atoms with Crippen molar-refractivity contribution in [1.82, 2.24) is 9.71 Å². The topological polar surface area (TPSA) is 68.3 Å². The van der Waals surface area contributed by atoms with Crippen molar-refractivity contribution in [2.45, 2.75) is 37.1 Å². The summed E-state index contributed by atoms with van der Waals surface area (Å²) in [5.74, 6) is 0.197. The molecule has 1 aliphatic rings. The molecule has 0 aliphatic carbocycles. The summed E-state index contributed by atoms with van der Waals surface area (Å²) in [6.45, 7) is 3.37. The third-order valence-electron chi connectivity index (χ3n) is 4.70. The molecule has 1 fully saturated rings. The molecule has 0 spiro atoms. The van der Waals surface area contributed by atoms with Crippen LogP contribution < -0.4 is 4.72 Å². The molecule has 25 heavy (non-hydrogen) atoms. The normalized spacial score (nSPS) is 17.3. The van der Waals surface area contributed by atoms with Crippen LogP contribution in [0.3, 0.4) is 0 Å². The first kappa shape index (κ1) is 18.0. The molecule has 0 bridgehead atoms. The van der Waals surface area contributed by atoms with Gasteiger partial charge in [-0.25, -0.2) is 13.1 Å². The molecular weight excluding hydrogens is 336 g/mol. The van der Waals surface area contributed by atoms with E-state index in [4.69, 9.17) is 4.74 Å². The lowest BCUT2D eigenvalue weighted by molar-refractivity contribution is 0.0564. The summed E-state index contributed by atoms with van der Waals surface area (Å²) in [5.41, 5.74) is 2.01. The van der Waals surface area contributed by atoms with Gasteiger partial charge in [-0.05, 0) is 54.5 Å². The third-order valence-corrected chi connectivity index (χ3v) is 6.16. The molecule has 6 heteroatoms. The van der Waals surface area contributed by atoms with Crippen molar-refractivity contribution in [2.24, 2.45) is 5.92 Å². The summed E-state index contributed by atoms with van der Waals surface area (Å²) in [6, 6.07) is 10.5. The van der Waals surface area contributed by atoms with Gasteiger partial charge in [0.15, 0.2) is 0 Å². The van der Waals surface area contributed by atoms with E-state index in [0.29, 0.717) is 18.1 Å². The zero-order valence-electron chi connectivity index (χ0n) is 14.4. The summed E-state index contributed by atoms with van der Waals surface area (Å²) >= 11 is 0. The van der Waals surface area contributed by atoms with Crippen molar-refractivity contribution in [1.29, 1.82) is 0 Å². The molecule has 1 atom stereocenters. The first-order valence-corrected chi connectivity index (χ1v) is 10.2. The number of aryl methyl sites for hydroxylation is 1. The molecule has 1 aromatic carbocycles. The van der Waals surface area contributed by atoms with E-state index in [-0.39, 0.29) is 12.0 Å². The third kappa shape index (κ3) is 4.45. The number of pyridine rings is 1. The zero-order chi connectivity index (χ0) is 17.7. The fourth-order valence-corrected chi connectivity index (χ4v) is 4.48. The maximum absolute atomic E-state index is 12.9. The van der Waals surface area contributed by atoms with Crippen LogP contribution in [0.4, 0.5) is 0 Å². The van der Waals surface area contributed by atoms with E-state index in [9.17, 15) is 8.42 Å². The lowest BCUT2D eigenvalue weighted by Gasteiger charge is -2.31. The molecule has 1 N–H and O–H groups in total. The van der Waals surface area contributed by atoms with Crippen LogP contribution in [0, 0.1) is 5.92 Å². The lowest BCUT2D eigenvalue weighted by atomic mass is 9.88. The molecule has 5 nitrogen and oxygen atoms in total. The van der Waals surface area contributed by atoms with Gasteiger partial charge in [-0.1, -0.05) is 25.1 Å². The second-order valence-corrected chi connectivity index (χ2v) is 8.05. The SMILES string of the molecule is CCc1ccc(S(=O)(=O)NC(c2cccnc2)C2CCOCC2)cc1. The summed E-state index contributed by atoms with van der Waals surface area (Å²) in [6.07, 6.45) is 5.98. The van der Waals surface area contributed by atoms with Crippen LogP contribution in [-0.4, -0.2) is 26.6 Å². The predicted octanol–water partition coefficient (Wildman–Crippen LogP) is 3.09. The van der Waals surface area contributed by atoms with Gasteiger partial charge in [0.1, 0.15) is 0 Å². The summed E-state index contributed by atoms with van der Waals surface area (Å²) in [7, 11) is -3.60. The van der Waals surface area contributed by atoms with E-state index >= 15 is 0 Å². The number of hydrogen-bond donors (Lipinski definition) is 1. The van der Waals surface area contributed by atoms with Crippen LogP contribution in [0.5, 0.6) is 0 Å². The molecule has 1 aromatic heterocycles. The molecule has 0 radical (unpaired) electrons. The number of aromatic nitrogens is 1. The van der Waals surface area contributed by atoms with E-state index < -0.39 is 10.0 Å². The number of nitrogens with zero attached hydrogens (tertiary/aromatic N) is 1. The standard InChI is InChI=1S/C19H24N2O3S/c1-2-15-5-7-18(8-6-15)25(22,23)21-19(16-9-12-24-13-10-16)17-4-3-11-20-14-17/h3-8,11,14,16,19,21H,2,9-10,12-13H2,1H3. The Morgan fingerprint density at radius 1 is 1.20 bits per heavy atom. The highest BCUT2D eigenvalue weighted by atomic mass is 32.2. The van der Waals surface area contributed by atoms with Crippen LogP contribution in [-0.2, 0) is 21.2 Å². The molecule has 1 unspecified atom stereocenters. The van der Waals surface area contributed by atoms with Crippen molar-refractivity contribution in [3.8, 4) is 0 Å². The summed E-state index contributed by atoms with van der Waals surface area (Å²) < 4.78 is 34.1. The quantitative estimate of drug-likeness (QED) is 0.859. The monoisotopic (exact) mass is 360 g/mol. The van der Waals surface area contributed by atoms with Gasteiger partial charge < -0.3 is 4.74 Å². The van der Waals surface area contributed by atoms with Gasteiger partial charge in [-0.2, -0.15) is 0 Å². The van der Waals surface area contributed by atoms with Gasteiger partial charge in [0, 0.05) is 25.6 Å². The maximum Gasteiger partial charge on any atom is 0.241 e. The average molecular weight is 360 g/mol. The van der Waals surface area contributed by atoms with Crippen LogP contribution in [0.25, 0.3) is 0 Å². The molecule has 134 valence electrons. The number of ether oxygens (including phenoxy) is 1. The number of hydrogen-bond acceptors (Lipinski definition) is 4. The Hall–Kier alpha value is -1.76. The second kappa shape index (κ2) is 8.08. The van der Waals surface area contributed by atoms with Crippen molar-refractivity contribution in [3.05, 3.63) is 59.9 Å². The minimum Gasteiger partial charge on any atom is -0.381 e. The van der Waals surface area contributed by atoms with Gasteiger partial charge in [0.05, 0.1) is 10.9 Å². The molecule has 0 saturated carbocycles. The molecular formula is C19H24N2O3S. The van der Waals surface area contributed by atoms with Crippen molar-refractivity contribution >= 4 is 10.0 Å². The molecule has 3 rings (SSSR count). The lowest BCUT2D eigenvalue weighted by Crippen LogP contribution is -2.36. The largest absolute Gasteiger partial charge is 0.381 e. The molecule has 2 aromatic rings. The van der Waals surface area contributed by atoms with E-state index in [1.807, 2.05) is 31.2 Å². The highest BCUT2D eigenvalue weighted by Gasteiger charge is 2.30. The summed E-state index contributed by atoms with van der Waals surface area (Å²) in [4.78, 5) is 4.46. The smallest absolute Gasteiger partial charge is 0.241 e. The Kier molecular flexibility index (Phi) is 5.83. The van der Waals surface area contributed by atoms with Gasteiger partial charge >= 0.3 is 0 Å². The Balaban J connectivity index is 1.87. The molecule has 0 amide bonds. The second-order valence-electron chi connectivity index (χ2n) is 6.33. The van der Waals surface area contributed by atoms with E-state index in [0.717, 1.165) is 30.4 Å². The fraction of sp³-hybridized carbons (Fsp3) is 0.421. The first-order valence-electron chi connectivity index (χ1n) is 8.69. The Morgan fingerprint density at radius 3 is 2.52 bits per heavy atom. The summed E-state index contributed by atoms with van der Waals surface area (Å²) in [5, 5.41) is 0. The predicted molar refractivity (Wildman–Crippen MR) is 96.7 cm³/mol. The van der Waals surface area contributed by atoms with Crippen LogP contribution in [0.2, 0.25) is 0 Å². The van der Waals surface area contributed by atoms with Crippen molar-refractivity contribution in [2.75, 3.05) is 13.2 Å². The Labute approximate surface area is 149 Å². The van der Waals surface area contributed by atoms with Crippen molar-refractivity contribution < 1.29 is 13.2 Å². The first-order chi connectivity index (χ1) is 12.1. The Bertz CT molecular complexity index is 770. The number of benzene rings is 1. The Morgan fingerprint density at radius 2 is 1.92 bits per heavy atom. The molecule has 2 heterocycles. The zero-order valence-corrected chi connectivity index (χ0v) is 15.2. The van der Waals surface area contributed by atoms with Crippen LogP contribution in [0.1, 0.15) is 36.9 Å². The van der Waals surface area contributed by atoms with Gasteiger partial charge in [-0.3, -0.25) is 4.98 Å². The number of sulfonamides is 1. The minimum atomic E-state index is -3.60. The van der Waals surface area contributed by atoms with Gasteiger partial charge in [-0.15, -0.1) is 0 Å². The van der Waals surface area contributed by atoms with E-state index in [1.165, 1.54) is 0 Å². The fourth-order valence-electron chi connectivity index (χ4n) is 3.19.